The molecule has 2 N–H and O–H groups in total. The first-order valence-corrected chi connectivity index (χ1v) is 9.42. The maximum absolute atomic E-state index is 13.3. The number of phenolic OH excluding ortho intramolecular Hbond substituents is 1. The van der Waals surface area contributed by atoms with Crippen LogP contribution in [-0.2, 0) is 11.3 Å². The van der Waals surface area contributed by atoms with Gasteiger partial charge in [0.2, 0.25) is 5.43 Å². The molecule has 146 valence electrons. The zero-order valence-electron chi connectivity index (χ0n) is 16.1. The van der Waals surface area contributed by atoms with Gasteiger partial charge in [0, 0.05) is 0 Å². The minimum absolute atomic E-state index is 0.0952. The second-order valence-corrected chi connectivity index (χ2v) is 7.07. The average molecular weight is 382 g/mol. The molecule has 2 aromatic carbocycles. The van der Waals surface area contributed by atoms with E-state index >= 15 is 0 Å². The summed E-state index contributed by atoms with van der Waals surface area (Å²) in [5.74, 6) is 1.42. The van der Waals surface area contributed by atoms with Gasteiger partial charge in [0.15, 0.2) is 5.58 Å². The maximum atomic E-state index is 13.3. The van der Waals surface area contributed by atoms with Crippen LogP contribution in [0, 0.1) is 6.92 Å². The highest BCUT2D eigenvalue weighted by atomic mass is 16.5. The molecular weight excluding hydrogens is 358 g/mol. The Kier molecular flexibility index (Phi) is 5.07. The summed E-state index contributed by atoms with van der Waals surface area (Å²) in [7, 11) is 1.61. The third kappa shape index (κ3) is 3.37. The first-order chi connectivity index (χ1) is 13.6. The topological polar surface area (TPSA) is 73.3 Å². The summed E-state index contributed by atoms with van der Waals surface area (Å²) in [5, 5.41) is 10.9. The number of nitrogens with one attached hydrogen (secondary N) is 1. The lowest BCUT2D eigenvalue weighted by Crippen LogP contribution is -3.12. The van der Waals surface area contributed by atoms with Crippen LogP contribution >= 0.6 is 0 Å². The number of morpholine rings is 1. The molecule has 0 amide bonds. The van der Waals surface area contributed by atoms with Crippen molar-refractivity contribution >= 4 is 11.0 Å². The number of hydrogen-bond donors (Lipinski definition) is 2. The first kappa shape index (κ1) is 18.5. The number of fused-ring (bicyclic) bond motifs is 1. The van der Waals surface area contributed by atoms with Crippen molar-refractivity contribution in [1.29, 1.82) is 0 Å². The highest BCUT2D eigenvalue weighted by molar-refractivity contribution is 5.86. The van der Waals surface area contributed by atoms with Gasteiger partial charge in [-0.3, -0.25) is 4.79 Å². The molecular formula is C22H24NO5+. The van der Waals surface area contributed by atoms with Crippen molar-refractivity contribution in [2.45, 2.75) is 13.5 Å². The largest absolute Gasteiger partial charge is 0.507 e. The summed E-state index contributed by atoms with van der Waals surface area (Å²) >= 11 is 0. The van der Waals surface area contributed by atoms with E-state index in [1.165, 1.54) is 4.90 Å². The van der Waals surface area contributed by atoms with Crippen molar-refractivity contribution in [3.8, 4) is 22.6 Å². The molecule has 28 heavy (non-hydrogen) atoms. The summed E-state index contributed by atoms with van der Waals surface area (Å²) in [4.78, 5) is 14.6. The number of benzene rings is 2. The van der Waals surface area contributed by atoms with Crippen LogP contribution in [0.5, 0.6) is 11.5 Å². The van der Waals surface area contributed by atoms with Crippen LogP contribution in [-0.4, -0.2) is 38.5 Å². The molecule has 3 aromatic rings. The predicted octanol–water partition coefficient (Wildman–Crippen LogP) is 1.90. The van der Waals surface area contributed by atoms with E-state index in [9.17, 15) is 9.90 Å². The maximum Gasteiger partial charge on any atom is 0.200 e. The van der Waals surface area contributed by atoms with E-state index in [4.69, 9.17) is 13.9 Å². The molecule has 0 saturated carbocycles. The molecule has 1 fully saturated rings. The highest BCUT2D eigenvalue weighted by Gasteiger charge is 2.22. The zero-order valence-corrected chi connectivity index (χ0v) is 16.1. The van der Waals surface area contributed by atoms with E-state index in [-0.39, 0.29) is 11.2 Å². The zero-order chi connectivity index (χ0) is 19.7. The van der Waals surface area contributed by atoms with Gasteiger partial charge >= 0.3 is 0 Å². The smallest absolute Gasteiger partial charge is 0.200 e. The van der Waals surface area contributed by atoms with Crippen LogP contribution in [0.4, 0.5) is 0 Å². The summed E-state index contributed by atoms with van der Waals surface area (Å²) in [5.41, 5.74) is 2.37. The van der Waals surface area contributed by atoms with E-state index in [0.717, 1.165) is 24.4 Å². The number of phenols is 1. The quantitative estimate of drug-likeness (QED) is 0.721. The van der Waals surface area contributed by atoms with Crippen molar-refractivity contribution in [3.63, 3.8) is 0 Å². The van der Waals surface area contributed by atoms with E-state index < -0.39 is 0 Å². The second kappa shape index (κ2) is 7.66. The number of methoxy groups -OCH3 is 1. The molecule has 1 aliphatic rings. The Morgan fingerprint density at radius 3 is 2.50 bits per heavy atom. The molecule has 1 saturated heterocycles. The molecule has 0 radical (unpaired) electrons. The monoisotopic (exact) mass is 382 g/mol. The number of rotatable bonds is 4. The SMILES string of the molecule is COc1ccc(-c2c(C)oc3c(C[NH+]4CCOCC4)c(O)ccc3c2=O)cc1. The lowest BCUT2D eigenvalue weighted by molar-refractivity contribution is -0.921. The fourth-order valence-electron chi connectivity index (χ4n) is 3.76. The number of aryl methyl sites for hydroxylation is 1. The number of ether oxygens (including phenoxy) is 2. The Labute approximate surface area is 162 Å². The van der Waals surface area contributed by atoms with E-state index in [0.29, 0.717) is 47.6 Å². The standard InChI is InChI=1S/C22H23NO5/c1-14-20(15-3-5-16(26-2)6-4-15)21(25)17-7-8-19(24)18(22(17)28-14)13-23-9-11-27-12-10-23/h3-8,24H,9-13H2,1-2H3/p+1. The van der Waals surface area contributed by atoms with Gasteiger partial charge in [-0.1, -0.05) is 12.1 Å². The average Bonchev–Trinajstić information content (AvgIpc) is 2.71. The molecule has 1 aliphatic heterocycles. The van der Waals surface area contributed by atoms with Crippen molar-refractivity contribution in [2.75, 3.05) is 33.4 Å². The Morgan fingerprint density at radius 1 is 1.11 bits per heavy atom. The molecule has 4 rings (SSSR count). The van der Waals surface area contributed by atoms with Crippen molar-refractivity contribution in [2.24, 2.45) is 0 Å². The third-order valence-corrected chi connectivity index (χ3v) is 5.32. The minimum atomic E-state index is -0.0952. The minimum Gasteiger partial charge on any atom is -0.507 e. The Hall–Kier alpha value is -2.83. The van der Waals surface area contributed by atoms with Crippen LogP contribution in [0.15, 0.2) is 45.6 Å². The number of quaternary nitrogens is 1. The molecule has 6 heteroatoms. The Bertz CT molecular complexity index is 1050. The van der Waals surface area contributed by atoms with Crippen molar-refractivity contribution < 1.29 is 23.9 Å². The van der Waals surface area contributed by atoms with Crippen molar-refractivity contribution in [3.05, 3.63) is 57.9 Å². The number of aromatic hydroxyl groups is 1. The van der Waals surface area contributed by atoms with Gasteiger partial charge < -0.3 is 23.9 Å². The molecule has 0 bridgehead atoms. The highest BCUT2D eigenvalue weighted by Crippen LogP contribution is 2.30. The fraction of sp³-hybridized carbons (Fsp3) is 0.318. The Balaban J connectivity index is 1.83. The molecule has 0 spiro atoms. The summed E-state index contributed by atoms with van der Waals surface area (Å²) < 4.78 is 16.7. The number of hydrogen-bond acceptors (Lipinski definition) is 5. The first-order valence-electron chi connectivity index (χ1n) is 9.42. The van der Waals surface area contributed by atoms with E-state index in [1.54, 1.807) is 26.2 Å². The lowest BCUT2D eigenvalue weighted by Gasteiger charge is -2.24. The third-order valence-electron chi connectivity index (χ3n) is 5.32. The normalized spacial score (nSPS) is 15.1. The van der Waals surface area contributed by atoms with Gasteiger partial charge in [-0.25, -0.2) is 0 Å². The van der Waals surface area contributed by atoms with E-state index in [2.05, 4.69) is 0 Å². The molecule has 0 atom stereocenters. The summed E-state index contributed by atoms with van der Waals surface area (Å²) in [6.45, 7) is 5.51. The molecule has 0 aliphatic carbocycles. The van der Waals surface area contributed by atoms with Crippen LogP contribution in [0.1, 0.15) is 11.3 Å². The fourth-order valence-corrected chi connectivity index (χ4v) is 3.76. The van der Waals surface area contributed by atoms with Crippen LogP contribution < -0.4 is 15.1 Å². The molecule has 6 nitrogen and oxygen atoms in total. The van der Waals surface area contributed by atoms with Gasteiger partial charge in [0.05, 0.1) is 36.8 Å². The summed E-state index contributed by atoms with van der Waals surface area (Å²) in [6.07, 6.45) is 0. The van der Waals surface area contributed by atoms with Gasteiger partial charge in [-0.15, -0.1) is 0 Å². The van der Waals surface area contributed by atoms with Crippen molar-refractivity contribution in [1.82, 2.24) is 0 Å². The Morgan fingerprint density at radius 2 is 1.82 bits per heavy atom. The van der Waals surface area contributed by atoms with Crippen LogP contribution in [0.2, 0.25) is 0 Å². The van der Waals surface area contributed by atoms with Gasteiger partial charge in [0.25, 0.3) is 0 Å². The van der Waals surface area contributed by atoms with Crippen LogP contribution in [0.25, 0.3) is 22.1 Å². The molecule has 1 aromatic heterocycles. The van der Waals surface area contributed by atoms with E-state index in [1.807, 2.05) is 24.3 Å². The van der Waals surface area contributed by atoms with Gasteiger partial charge in [-0.05, 0) is 36.8 Å². The van der Waals surface area contributed by atoms with Gasteiger partial charge in [0.1, 0.15) is 36.9 Å². The summed E-state index contributed by atoms with van der Waals surface area (Å²) in [6, 6.07) is 10.6. The lowest BCUT2D eigenvalue weighted by atomic mass is 10.0. The van der Waals surface area contributed by atoms with Gasteiger partial charge in [-0.2, -0.15) is 0 Å². The molecule has 2 heterocycles. The van der Waals surface area contributed by atoms with Crippen LogP contribution in [0.3, 0.4) is 0 Å². The molecule has 0 unspecified atom stereocenters. The predicted molar refractivity (Wildman–Crippen MR) is 106 cm³/mol. The second-order valence-electron chi connectivity index (χ2n) is 7.07.